The van der Waals surface area contributed by atoms with Crippen molar-refractivity contribution in [3.63, 3.8) is 0 Å². The third-order valence-corrected chi connectivity index (χ3v) is 3.53. The summed E-state index contributed by atoms with van der Waals surface area (Å²) in [5, 5.41) is 3.46. The minimum absolute atomic E-state index is 0.152. The van der Waals surface area contributed by atoms with Gasteiger partial charge in [0.15, 0.2) is 0 Å². The van der Waals surface area contributed by atoms with Gasteiger partial charge in [-0.2, -0.15) is 0 Å². The Morgan fingerprint density at radius 3 is 2.74 bits per heavy atom. The van der Waals surface area contributed by atoms with E-state index in [0.29, 0.717) is 11.6 Å². The Balaban J connectivity index is 1.88. The van der Waals surface area contributed by atoms with Gasteiger partial charge in [0, 0.05) is 18.2 Å². The molecule has 3 rings (SSSR count). The summed E-state index contributed by atoms with van der Waals surface area (Å²) in [6, 6.07) is 14.1. The van der Waals surface area contributed by atoms with Gasteiger partial charge in [0.05, 0.1) is 0 Å². The maximum Gasteiger partial charge on any atom is 0.131 e. The maximum absolute atomic E-state index is 14.0. The summed E-state index contributed by atoms with van der Waals surface area (Å²) in [7, 11) is 0. The van der Waals surface area contributed by atoms with Gasteiger partial charge in [0.25, 0.3) is 0 Å². The van der Waals surface area contributed by atoms with Crippen molar-refractivity contribution < 1.29 is 4.39 Å². The summed E-state index contributed by atoms with van der Waals surface area (Å²) >= 11 is 0. The fraction of sp³-hybridized carbons (Fsp3) is 0.294. The molecule has 2 aromatic carbocycles. The standard InChI is InChI=1S/C17H18FN/c1-12-3-2-4-14(9-12)16-10-13(5-8-17(16)18)11-19-15-6-7-15/h2-5,8-10,15,19H,6-7,11H2,1H3. The lowest BCUT2D eigenvalue weighted by Gasteiger charge is -2.08. The number of hydrogen-bond donors (Lipinski definition) is 1. The molecular weight excluding hydrogens is 237 g/mol. The van der Waals surface area contributed by atoms with Crippen LogP contribution in [0.5, 0.6) is 0 Å². The number of hydrogen-bond acceptors (Lipinski definition) is 1. The Kier molecular flexibility index (Phi) is 3.34. The monoisotopic (exact) mass is 255 g/mol. The lowest BCUT2D eigenvalue weighted by atomic mass is 10.0. The normalized spacial score (nSPS) is 14.6. The van der Waals surface area contributed by atoms with Crippen LogP contribution in [0.15, 0.2) is 42.5 Å². The molecular formula is C17H18FN. The van der Waals surface area contributed by atoms with Crippen molar-refractivity contribution in [3.05, 3.63) is 59.4 Å². The predicted molar refractivity (Wildman–Crippen MR) is 76.4 cm³/mol. The van der Waals surface area contributed by atoms with Crippen LogP contribution in [0.2, 0.25) is 0 Å². The van der Waals surface area contributed by atoms with E-state index in [1.54, 1.807) is 6.07 Å². The number of halogens is 1. The van der Waals surface area contributed by atoms with Crippen LogP contribution in [0.1, 0.15) is 24.0 Å². The van der Waals surface area contributed by atoms with Crippen molar-refractivity contribution >= 4 is 0 Å². The maximum atomic E-state index is 14.0. The Labute approximate surface area is 113 Å². The number of benzene rings is 2. The van der Waals surface area contributed by atoms with Crippen LogP contribution >= 0.6 is 0 Å². The van der Waals surface area contributed by atoms with E-state index in [4.69, 9.17) is 0 Å². The quantitative estimate of drug-likeness (QED) is 0.869. The third-order valence-electron chi connectivity index (χ3n) is 3.53. The van der Waals surface area contributed by atoms with Gasteiger partial charge in [-0.3, -0.25) is 0 Å². The van der Waals surface area contributed by atoms with E-state index < -0.39 is 0 Å². The summed E-state index contributed by atoms with van der Waals surface area (Å²) in [6.07, 6.45) is 2.54. The average molecular weight is 255 g/mol. The Morgan fingerprint density at radius 2 is 2.00 bits per heavy atom. The summed E-state index contributed by atoms with van der Waals surface area (Å²) in [5.74, 6) is -0.152. The molecule has 0 spiro atoms. The highest BCUT2D eigenvalue weighted by Gasteiger charge is 2.20. The first-order chi connectivity index (χ1) is 9.22. The van der Waals surface area contributed by atoms with Crippen molar-refractivity contribution in [2.75, 3.05) is 0 Å². The highest BCUT2D eigenvalue weighted by atomic mass is 19.1. The Hall–Kier alpha value is -1.67. The first kappa shape index (κ1) is 12.4. The van der Waals surface area contributed by atoms with Crippen molar-refractivity contribution in [1.82, 2.24) is 5.32 Å². The molecule has 0 bridgehead atoms. The lowest BCUT2D eigenvalue weighted by molar-refractivity contribution is 0.628. The molecule has 0 aliphatic heterocycles. The molecule has 98 valence electrons. The molecule has 19 heavy (non-hydrogen) atoms. The van der Waals surface area contributed by atoms with E-state index in [1.807, 2.05) is 43.3 Å². The smallest absolute Gasteiger partial charge is 0.131 e. The van der Waals surface area contributed by atoms with Crippen LogP contribution in [-0.4, -0.2) is 6.04 Å². The number of nitrogens with one attached hydrogen (secondary N) is 1. The lowest BCUT2D eigenvalue weighted by Crippen LogP contribution is -2.15. The summed E-state index contributed by atoms with van der Waals surface area (Å²) in [6.45, 7) is 2.85. The second-order valence-electron chi connectivity index (χ2n) is 5.34. The van der Waals surface area contributed by atoms with Gasteiger partial charge in [0.1, 0.15) is 5.82 Å². The zero-order valence-electron chi connectivity index (χ0n) is 11.1. The fourth-order valence-corrected chi connectivity index (χ4v) is 2.27. The minimum atomic E-state index is -0.152. The molecule has 0 radical (unpaired) electrons. The minimum Gasteiger partial charge on any atom is -0.310 e. The third kappa shape index (κ3) is 3.02. The van der Waals surface area contributed by atoms with Crippen LogP contribution in [0.4, 0.5) is 4.39 Å². The first-order valence-corrected chi connectivity index (χ1v) is 6.81. The van der Waals surface area contributed by atoms with E-state index in [1.165, 1.54) is 12.8 Å². The molecule has 1 fully saturated rings. The Bertz CT molecular complexity index is 588. The zero-order valence-corrected chi connectivity index (χ0v) is 11.1. The molecule has 2 aromatic rings. The van der Waals surface area contributed by atoms with Gasteiger partial charge in [0.2, 0.25) is 0 Å². The predicted octanol–water partition coefficient (Wildman–Crippen LogP) is 4.05. The van der Waals surface area contributed by atoms with Crippen LogP contribution < -0.4 is 5.32 Å². The van der Waals surface area contributed by atoms with Crippen molar-refractivity contribution in [3.8, 4) is 11.1 Å². The van der Waals surface area contributed by atoms with E-state index >= 15 is 0 Å². The van der Waals surface area contributed by atoms with Gasteiger partial charge in [-0.15, -0.1) is 0 Å². The van der Waals surface area contributed by atoms with Crippen molar-refractivity contribution in [2.45, 2.75) is 32.4 Å². The van der Waals surface area contributed by atoms with E-state index in [2.05, 4.69) is 5.32 Å². The molecule has 1 N–H and O–H groups in total. The van der Waals surface area contributed by atoms with Crippen LogP contribution in [0.3, 0.4) is 0 Å². The fourth-order valence-electron chi connectivity index (χ4n) is 2.27. The van der Waals surface area contributed by atoms with Gasteiger partial charge >= 0.3 is 0 Å². The van der Waals surface area contributed by atoms with Gasteiger partial charge in [-0.1, -0.05) is 35.9 Å². The SMILES string of the molecule is Cc1cccc(-c2cc(CNC3CC3)ccc2F)c1. The van der Waals surface area contributed by atoms with E-state index in [9.17, 15) is 4.39 Å². The summed E-state index contributed by atoms with van der Waals surface area (Å²) in [4.78, 5) is 0. The molecule has 0 heterocycles. The number of aryl methyl sites for hydroxylation is 1. The van der Waals surface area contributed by atoms with Crippen molar-refractivity contribution in [1.29, 1.82) is 0 Å². The number of rotatable bonds is 4. The van der Waals surface area contributed by atoms with Crippen LogP contribution in [-0.2, 0) is 6.54 Å². The molecule has 0 amide bonds. The molecule has 1 aliphatic carbocycles. The molecule has 0 atom stereocenters. The van der Waals surface area contributed by atoms with E-state index in [0.717, 1.165) is 23.2 Å². The van der Waals surface area contributed by atoms with E-state index in [-0.39, 0.29) is 5.82 Å². The molecule has 1 aliphatic rings. The second-order valence-corrected chi connectivity index (χ2v) is 5.34. The largest absolute Gasteiger partial charge is 0.310 e. The average Bonchev–Trinajstić information content (AvgIpc) is 3.22. The van der Waals surface area contributed by atoms with Crippen LogP contribution in [0, 0.1) is 12.7 Å². The first-order valence-electron chi connectivity index (χ1n) is 6.81. The molecule has 0 aromatic heterocycles. The summed E-state index contributed by atoms with van der Waals surface area (Å²) in [5.41, 5.74) is 3.94. The zero-order chi connectivity index (χ0) is 13.2. The van der Waals surface area contributed by atoms with Gasteiger partial charge < -0.3 is 5.32 Å². The molecule has 0 unspecified atom stereocenters. The molecule has 1 saturated carbocycles. The topological polar surface area (TPSA) is 12.0 Å². The summed E-state index contributed by atoms with van der Waals surface area (Å²) < 4.78 is 14.0. The second kappa shape index (κ2) is 5.14. The molecule has 2 heteroatoms. The van der Waals surface area contributed by atoms with Gasteiger partial charge in [-0.05, 0) is 43.0 Å². The highest BCUT2D eigenvalue weighted by molar-refractivity contribution is 5.65. The van der Waals surface area contributed by atoms with Crippen LogP contribution in [0.25, 0.3) is 11.1 Å². The molecule has 0 saturated heterocycles. The highest BCUT2D eigenvalue weighted by Crippen LogP contribution is 2.25. The van der Waals surface area contributed by atoms with Crippen molar-refractivity contribution in [2.24, 2.45) is 0 Å². The Morgan fingerprint density at radius 1 is 1.16 bits per heavy atom. The van der Waals surface area contributed by atoms with Gasteiger partial charge in [-0.25, -0.2) is 4.39 Å². The molecule has 1 nitrogen and oxygen atoms in total.